The van der Waals surface area contributed by atoms with Crippen LogP contribution in [0.25, 0.3) is 0 Å². The van der Waals surface area contributed by atoms with Crippen molar-refractivity contribution in [3.05, 3.63) is 63.9 Å². The number of benzene rings is 1. The van der Waals surface area contributed by atoms with E-state index in [2.05, 4.69) is 9.88 Å². The van der Waals surface area contributed by atoms with Crippen molar-refractivity contribution in [1.29, 1.82) is 0 Å². The van der Waals surface area contributed by atoms with Gasteiger partial charge in [-0.2, -0.15) is 0 Å². The predicted octanol–water partition coefficient (Wildman–Crippen LogP) is 4.27. The quantitative estimate of drug-likeness (QED) is 0.879. The molecule has 126 valence electrons. The van der Waals surface area contributed by atoms with Gasteiger partial charge in [0.2, 0.25) is 0 Å². The largest absolute Gasteiger partial charge is 0.481 e. The lowest BCUT2D eigenvalue weighted by atomic mass is 9.93. The van der Waals surface area contributed by atoms with E-state index >= 15 is 0 Å². The molecule has 1 aliphatic rings. The highest BCUT2D eigenvalue weighted by Gasteiger charge is 2.31. The van der Waals surface area contributed by atoms with Crippen LogP contribution in [0.1, 0.15) is 30.1 Å². The van der Waals surface area contributed by atoms with E-state index in [1.807, 2.05) is 30.3 Å². The maximum absolute atomic E-state index is 11.2. The van der Waals surface area contributed by atoms with E-state index < -0.39 is 5.97 Å². The summed E-state index contributed by atoms with van der Waals surface area (Å²) < 4.78 is 0. The summed E-state index contributed by atoms with van der Waals surface area (Å²) in [5, 5.41) is 10.2. The molecule has 1 aromatic heterocycles. The van der Waals surface area contributed by atoms with Crippen LogP contribution >= 0.6 is 23.2 Å². The fourth-order valence-electron chi connectivity index (χ4n) is 3.22. The Balaban J connectivity index is 1.95. The molecule has 2 heterocycles. The average Bonchev–Trinajstić information content (AvgIpc) is 2.60. The first kappa shape index (κ1) is 17.2. The van der Waals surface area contributed by atoms with Crippen LogP contribution in [0.2, 0.25) is 10.0 Å². The van der Waals surface area contributed by atoms with Crippen LogP contribution in [-0.4, -0.2) is 34.0 Å². The lowest BCUT2D eigenvalue weighted by Gasteiger charge is -2.36. The zero-order valence-electron chi connectivity index (χ0n) is 13.0. The average molecular weight is 365 g/mol. The van der Waals surface area contributed by atoms with Crippen LogP contribution < -0.4 is 0 Å². The maximum Gasteiger partial charge on any atom is 0.306 e. The first-order valence-corrected chi connectivity index (χ1v) is 8.65. The Labute approximate surface area is 151 Å². The fraction of sp³-hybridized carbons (Fsp3) is 0.333. The van der Waals surface area contributed by atoms with Crippen LogP contribution in [0.15, 0.2) is 42.6 Å². The van der Waals surface area contributed by atoms with Gasteiger partial charge in [-0.25, -0.2) is 0 Å². The summed E-state index contributed by atoms with van der Waals surface area (Å²) in [6.07, 6.45) is 3.00. The molecule has 0 bridgehead atoms. The molecule has 0 saturated carbocycles. The lowest BCUT2D eigenvalue weighted by molar-refractivity contribution is -0.143. The first-order chi connectivity index (χ1) is 11.6. The molecule has 1 atom stereocenters. The second kappa shape index (κ2) is 7.51. The number of carbonyl (C=O) groups is 1. The molecule has 6 heteroatoms. The van der Waals surface area contributed by atoms with Crippen LogP contribution in [0, 0.1) is 5.92 Å². The van der Waals surface area contributed by atoms with Crippen molar-refractivity contribution in [3.63, 3.8) is 0 Å². The van der Waals surface area contributed by atoms with Gasteiger partial charge in [0.05, 0.1) is 27.7 Å². The molecule has 0 spiro atoms. The predicted molar refractivity (Wildman–Crippen MR) is 94.5 cm³/mol. The summed E-state index contributed by atoms with van der Waals surface area (Å²) in [5.41, 5.74) is 1.78. The topological polar surface area (TPSA) is 53.4 Å². The molecule has 0 radical (unpaired) electrons. The van der Waals surface area contributed by atoms with Gasteiger partial charge in [-0.1, -0.05) is 41.4 Å². The third-order valence-electron chi connectivity index (χ3n) is 4.49. The van der Waals surface area contributed by atoms with Gasteiger partial charge in [0.15, 0.2) is 0 Å². The molecule has 4 nitrogen and oxygen atoms in total. The minimum atomic E-state index is -0.718. The molecule has 1 unspecified atom stereocenters. The van der Waals surface area contributed by atoms with Crippen molar-refractivity contribution in [2.45, 2.75) is 18.9 Å². The number of rotatable bonds is 4. The third-order valence-corrected chi connectivity index (χ3v) is 5.32. The van der Waals surface area contributed by atoms with Gasteiger partial charge in [-0.15, -0.1) is 0 Å². The van der Waals surface area contributed by atoms with Crippen molar-refractivity contribution in [2.75, 3.05) is 13.1 Å². The number of hydrogen-bond donors (Lipinski definition) is 1. The van der Waals surface area contributed by atoms with Crippen LogP contribution in [-0.2, 0) is 4.79 Å². The Bertz CT molecular complexity index is 716. The number of piperidine rings is 1. The molecular weight excluding hydrogens is 347 g/mol. The number of likely N-dealkylation sites (tertiary alicyclic amines) is 1. The van der Waals surface area contributed by atoms with Crippen molar-refractivity contribution in [3.8, 4) is 0 Å². The zero-order chi connectivity index (χ0) is 17.1. The lowest BCUT2D eigenvalue weighted by Crippen LogP contribution is -2.39. The van der Waals surface area contributed by atoms with Gasteiger partial charge in [-0.3, -0.25) is 14.7 Å². The van der Waals surface area contributed by atoms with Crippen molar-refractivity contribution >= 4 is 29.2 Å². The summed E-state index contributed by atoms with van der Waals surface area (Å²) in [7, 11) is 0. The highest BCUT2D eigenvalue weighted by molar-refractivity contribution is 6.42. The molecular formula is C18H18Cl2N2O2. The summed E-state index contributed by atoms with van der Waals surface area (Å²) in [6, 6.07) is 11.2. The first-order valence-electron chi connectivity index (χ1n) is 7.89. The highest BCUT2D eigenvalue weighted by Crippen LogP contribution is 2.37. The highest BCUT2D eigenvalue weighted by atomic mass is 35.5. The minimum absolute atomic E-state index is 0.132. The van der Waals surface area contributed by atoms with Crippen LogP contribution in [0.5, 0.6) is 0 Å². The van der Waals surface area contributed by atoms with E-state index in [1.54, 1.807) is 12.3 Å². The number of carboxylic acid groups (broad SMARTS) is 1. The summed E-state index contributed by atoms with van der Waals surface area (Å²) >= 11 is 12.7. The molecule has 1 aliphatic heterocycles. The van der Waals surface area contributed by atoms with Crippen LogP contribution in [0.4, 0.5) is 0 Å². The molecule has 1 saturated heterocycles. The van der Waals surface area contributed by atoms with Gasteiger partial charge in [-0.05, 0) is 49.7 Å². The Morgan fingerprint density at radius 2 is 1.92 bits per heavy atom. The number of halogens is 2. The van der Waals surface area contributed by atoms with Gasteiger partial charge in [0.1, 0.15) is 0 Å². The molecule has 24 heavy (non-hydrogen) atoms. The smallest absolute Gasteiger partial charge is 0.306 e. The Morgan fingerprint density at radius 1 is 1.17 bits per heavy atom. The number of aliphatic carboxylic acids is 1. The van der Waals surface area contributed by atoms with Crippen LogP contribution in [0.3, 0.4) is 0 Å². The van der Waals surface area contributed by atoms with Crippen molar-refractivity contribution in [1.82, 2.24) is 9.88 Å². The Morgan fingerprint density at radius 3 is 2.54 bits per heavy atom. The molecule has 1 aromatic carbocycles. The fourth-order valence-corrected chi connectivity index (χ4v) is 3.63. The van der Waals surface area contributed by atoms with E-state index in [9.17, 15) is 9.90 Å². The molecule has 2 aromatic rings. The van der Waals surface area contributed by atoms with Crippen molar-refractivity contribution < 1.29 is 9.90 Å². The summed E-state index contributed by atoms with van der Waals surface area (Å²) in [6.45, 7) is 1.36. The van der Waals surface area contributed by atoms with E-state index in [4.69, 9.17) is 23.2 Å². The van der Waals surface area contributed by atoms with E-state index in [0.29, 0.717) is 36.0 Å². The number of carboxylic acids is 1. The molecule has 0 amide bonds. The SMILES string of the molecule is O=C(O)C1CCN(C(c2ccccn2)c2cccc(Cl)c2Cl)CC1. The van der Waals surface area contributed by atoms with E-state index in [-0.39, 0.29) is 12.0 Å². The second-order valence-electron chi connectivity index (χ2n) is 5.95. The van der Waals surface area contributed by atoms with Gasteiger partial charge in [0.25, 0.3) is 0 Å². The normalized spacial score (nSPS) is 17.6. The van der Waals surface area contributed by atoms with Gasteiger partial charge >= 0.3 is 5.97 Å². The van der Waals surface area contributed by atoms with E-state index in [1.165, 1.54) is 0 Å². The molecule has 1 fully saturated rings. The van der Waals surface area contributed by atoms with Gasteiger partial charge in [0, 0.05) is 6.20 Å². The summed E-state index contributed by atoms with van der Waals surface area (Å²) in [4.78, 5) is 17.9. The standard InChI is InChI=1S/C18H18Cl2N2O2/c19-14-5-3-4-13(16(14)20)17(15-6-1-2-9-21-15)22-10-7-12(8-11-22)18(23)24/h1-6,9,12,17H,7-8,10-11H2,(H,23,24). The minimum Gasteiger partial charge on any atom is -0.481 e. The Kier molecular flexibility index (Phi) is 5.39. The molecule has 0 aliphatic carbocycles. The van der Waals surface area contributed by atoms with Crippen molar-refractivity contribution in [2.24, 2.45) is 5.92 Å². The zero-order valence-corrected chi connectivity index (χ0v) is 14.5. The third kappa shape index (κ3) is 3.56. The number of aromatic nitrogens is 1. The van der Waals surface area contributed by atoms with E-state index in [0.717, 1.165) is 11.3 Å². The number of nitrogens with zero attached hydrogens (tertiary/aromatic N) is 2. The Hall–Kier alpha value is -1.62. The van der Waals surface area contributed by atoms with Gasteiger partial charge < -0.3 is 5.11 Å². The second-order valence-corrected chi connectivity index (χ2v) is 6.73. The summed E-state index contributed by atoms with van der Waals surface area (Å²) in [5.74, 6) is -0.995. The molecule has 1 N–H and O–H groups in total. The number of hydrogen-bond acceptors (Lipinski definition) is 3. The molecule has 3 rings (SSSR count). The monoisotopic (exact) mass is 364 g/mol. The number of pyridine rings is 1. The maximum atomic E-state index is 11.2.